The third kappa shape index (κ3) is 5.21. The number of unbranched alkanes of at least 4 members (excludes halogenated alkanes) is 1. The van der Waals surface area contributed by atoms with Gasteiger partial charge in [-0.15, -0.1) is 0 Å². The first kappa shape index (κ1) is 17.2. The minimum atomic E-state index is -0.426. The number of amides is 2. The highest BCUT2D eigenvalue weighted by atomic mass is 32.1. The fourth-order valence-corrected chi connectivity index (χ4v) is 2.51. The summed E-state index contributed by atoms with van der Waals surface area (Å²) in [6, 6.07) is 9.28. The van der Waals surface area contributed by atoms with Gasteiger partial charge in [0.15, 0.2) is 5.11 Å². The van der Waals surface area contributed by atoms with E-state index in [0.29, 0.717) is 18.1 Å². The van der Waals surface area contributed by atoms with Gasteiger partial charge in [-0.2, -0.15) is 0 Å². The molecule has 0 spiro atoms. The fraction of sp³-hybridized carbons (Fsp3) is 0.438. The Morgan fingerprint density at radius 1 is 1.35 bits per heavy atom. The number of ether oxygens (including phenoxy) is 1. The van der Waals surface area contributed by atoms with Crippen LogP contribution in [0.15, 0.2) is 30.3 Å². The summed E-state index contributed by atoms with van der Waals surface area (Å²) in [5, 5.41) is 6.17. The van der Waals surface area contributed by atoms with Crippen molar-refractivity contribution in [3.8, 4) is 0 Å². The van der Waals surface area contributed by atoms with Gasteiger partial charge in [0, 0.05) is 13.6 Å². The maximum atomic E-state index is 11.8. The van der Waals surface area contributed by atoms with Crippen LogP contribution in [-0.2, 0) is 16.1 Å². The predicted molar refractivity (Wildman–Crippen MR) is 90.8 cm³/mol. The van der Waals surface area contributed by atoms with Crippen LogP contribution in [-0.4, -0.2) is 41.6 Å². The van der Waals surface area contributed by atoms with Crippen LogP contribution in [0, 0.1) is 0 Å². The van der Waals surface area contributed by atoms with Crippen molar-refractivity contribution in [3.63, 3.8) is 0 Å². The van der Waals surface area contributed by atoms with Gasteiger partial charge in [-0.3, -0.25) is 9.69 Å². The molecule has 1 unspecified atom stereocenters. The molecule has 124 valence electrons. The predicted octanol–water partition coefficient (Wildman–Crippen LogP) is 1.80. The summed E-state index contributed by atoms with van der Waals surface area (Å²) in [6.45, 7) is 0.784. The van der Waals surface area contributed by atoms with Gasteiger partial charge in [-0.05, 0) is 37.0 Å². The fourth-order valence-electron chi connectivity index (χ4n) is 2.28. The molecule has 1 aromatic carbocycles. The molecule has 1 heterocycles. The summed E-state index contributed by atoms with van der Waals surface area (Å²) in [5.74, 6) is 0.00484. The molecule has 2 N–H and O–H groups in total. The number of nitrogens with zero attached hydrogens (tertiary/aromatic N) is 1. The van der Waals surface area contributed by atoms with Crippen LogP contribution in [0.1, 0.15) is 24.8 Å². The second-order valence-electron chi connectivity index (χ2n) is 5.38. The second kappa shape index (κ2) is 8.47. The zero-order valence-electron chi connectivity index (χ0n) is 13.1. The lowest BCUT2D eigenvalue weighted by Gasteiger charge is -2.09. The second-order valence-corrected chi connectivity index (χ2v) is 5.77. The Kier molecular flexibility index (Phi) is 6.34. The van der Waals surface area contributed by atoms with Gasteiger partial charge in [0.25, 0.3) is 5.91 Å². The van der Waals surface area contributed by atoms with Gasteiger partial charge in [-0.25, -0.2) is 4.79 Å². The number of likely N-dealkylation sites (N-methyl/N-ethyl adjacent to an activating group) is 1. The van der Waals surface area contributed by atoms with E-state index >= 15 is 0 Å². The first-order valence-corrected chi connectivity index (χ1v) is 8.01. The van der Waals surface area contributed by atoms with Crippen molar-refractivity contribution in [2.75, 3.05) is 13.6 Å². The first-order chi connectivity index (χ1) is 11.1. The number of benzene rings is 1. The van der Waals surface area contributed by atoms with Crippen LogP contribution in [0.5, 0.6) is 0 Å². The number of alkyl carbamates (subject to hydrolysis) is 1. The zero-order chi connectivity index (χ0) is 16.7. The van der Waals surface area contributed by atoms with E-state index in [0.717, 1.165) is 18.4 Å². The lowest BCUT2D eigenvalue weighted by atomic mass is 10.1. The molecule has 0 saturated carbocycles. The van der Waals surface area contributed by atoms with Gasteiger partial charge in [0.1, 0.15) is 12.6 Å². The van der Waals surface area contributed by atoms with Crippen LogP contribution in [0.3, 0.4) is 0 Å². The molecule has 1 fully saturated rings. The summed E-state index contributed by atoms with van der Waals surface area (Å²) in [5.41, 5.74) is 0.952. The van der Waals surface area contributed by atoms with Crippen LogP contribution in [0.2, 0.25) is 0 Å². The third-order valence-corrected chi connectivity index (χ3v) is 4.02. The highest BCUT2D eigenvalue weighted by Crippen LogP contribution is 2.10. The molecule has 0 bridgehead atoms. The summed E-state index contributed by atoms with van der Waals surface area (Å²) in [4.78, 5) is 24.8. The maximum Gasteiger partial charge on any atom is 0.407 e. The van der Waals surface area contributed by atoms with Crippen molar-refractivity contribution < 1.29 is 14.3 Å². The number of carbonyl (C=O) groups excluding carboxylic acids is 2. The molecular formula is C16H21N3O3S. The Balaban J connectivity index is 1.54. The van der Waals surface area contributed by atoms with Gasteiger partial charge < -0.3 is 15.4 Å². The number of thiocarbonyl (C=S) groups is 1. The molecule has 0 aliphatic carbocycles. The highest BCUT2D eigenvalue weighted by Gasteiger charge is 2.31. The average molecular weight is 335 g/mol. The van der Waals surface area contributed by atoms with Crippen molar-refractivity contribution in [1.82, 2.24) is 15.5 Å². The van der Waals surface area contributed by atoms with E-state index in [-0.39, 0.29) is 18.6 Å². The monoisotopic (exact) mass is 335 g/mol. The molecule has 1 atom stereocenters. The van der Waals surface area contributed by atoms with E-state index in [1.807, 2.05) is 30.3 Å². The minimum absolute atomic E-state index is 0.00484. The molecule has 1 aliphatic heterocycles. The standard InChI is InChI=1S/C16H21N3O3S/c1-19-14(20)13(18-15(19)23)9-5-6-10-17-16(21)22-11-12-7-3-2-4-8-12/h2-4,7-8,13H,5-6,9-11H2,1H3,(H,17,21)(H,18,23). The number of hydrogen-bond donors (Lipinski definition) is 2. The van der Waals surface area contributed by atoms with Crippen molar-refractivity contribution in [1.29, 1.82) is 0 Å². The third-order valence-electron chi connectivity index (χ3n) is 3.63. The first-order valence-electron chi connectivity index (χ1n) is 7.60. The number of hydrogen-bond acceptors (Lipinski definition) is 4. The summed E-state index contributed by atoms with van der Waals surface area (Å²) < 4.78 is 5.11. The molecular weight excluding hydrogens is 314 g/mol. The molecule has 23 heavy (non-hydrogen) atoms. The summed E-state index contributed by atoms with van der Waals surface area (Å²) in [7, 11) is 1.67. The SMILES string of the molecule is CN1C(=O)C(CCCCNC(=O)OCc2ccccc2)NC1=S. The van der Waals surface area contributed by atoms with Crippen molar-refractivity contribution >= 4 is 29.3 Å². The van der Waals surface area contributed by atoms with Crippen molar-refractivity contribution in [3.05, 3.63) is 35.9 Å². The highest BCUT2D eigenvalue weighted by molar-refractivity contribution is 7.80. The summed E-state index contributed by atoms with van der Waals surface area (Å²) >= 11 is 5.02. The van der Waals surface area contributed by atoms with Gasteiger partial charge in [0.2, 0.25) is 0 Å². The molecule has 0 aromatic heterocycles. The Bertz CT molecular complexity index is 565. The molecule has 2 amide bonds. The van der Waals surface area contributed by atoms with E-state index in [1.165, 1.54) is 4.90 Å². The van der Waals surface area contributed by atoms with Gasteiger partial charge in [0.05, 0.1) is 0 Å². The minimum Gasteiger partial charge on any atom is -0.445 e. The van der Waals surface area contributed by atoms with Crippen LogP contribution < -0.4 is 10.6 Å². The number of rotatable bonds is 7. The smallest absolute Gasteiger partial charge is 0.407 e. The topological polar surface area (TPSA) is 70.7 Å². The van der Waals surface area contributed by atoms with E-state index in [4.69, 9.17) is 17.0 Å². The van der Waals surface area contributed by atoms with E-state index in [9.17, 15) is 9.59 Å². The van der Waals surface area contributed by atoms with Crippen molar-refractivity contribution in [2.45, 2.75) is 31.9 Å². The number of carbonyl (C=O) groups is 2. The molecule has 0 radical (unpaired) electrons. The van der Waals surface area contributed by atoms with Gasteiger partial charge >= 0.3 is 6.09 Å². The number of nitrogens with one attached hydrogen (secondary N) is 2. The average Bonchev–Trinajstić information content (AvgIpc) is 2.81. The largest absolute Gasteiger partial charge is 0.445 e. The Morgan fingerprint density at radius 2 is 2.09 bits per heavy atom. The lowest BCUT2D eigenvalue weighted by Crippen LogP contribution is -2.29. The summed E-state index contributed by atoms with van der Waals surface area (Å²) in [6.07, 6.45) is 1.87. The van der Waals surface area contributed by atoms with Gasteiger partial charge in [-0.1, -0.05) is 30.3 Å². The van der Waals surface area contributed by atoms with Crippen LogP contribution in [0.4, 0.5) is 4.79 Å². The van der Waals surface area contributed by atoms with Crippen LogP contribution in [0.25, 0.3) is 0 Å². The Hall–Kier alpha value is -2.15. The molecule has 6 nitrogen and oxygen atoms in total. The maximum absolute atomic E-state index is 11.8. The van der Waals surface area contributed by atoms with E-state index in [2.05, 4.69) is 10.6 Å². The molecule has 1 aliphatic rings. The normalized spacial score (nSPS) is 17.1. The van der Waals surface area contributed by atoms with Crippen LogP contribution >= 0.6 is 12.2 Å². The zero-order valence-corrected chi connectivity index (χ0v) is 13.9. The van der Waals surface area contributed by atoms with Crippen molar-refractivity contribution in [2.24, 2.45) is 0 Å². The Labute approximate surface area is 141 Å². The molecule has 7 heteroatoms. The molecule has 1 saturated heterocycles. The quantitative estimate of drug-likeness (QED) is 0.587. The van der Waals surface area contributed by atoms with E-state index in [1.54, 1.807) is 7.05 Å². The molecule has 1 aromatic rings. The van der Waals surface area contributed by atoms with E-state index < -0.39 is 6.09 Å². The molecule has 2 rings (SSSR count). The lowest BCUT2D eigenvalue weighted by molar-refractivity contribution is -0.126. The Morgan fingerprint density at radius 3 is 2.74 bits per heavy atom.